The first-order chi connectivity index (χ1) is 10.4. The summed E-state index contributed by atoms with van der Waals surface area (Å²) in [5.41, 5.74) is -2.24. The number of rotatable bonds is 2. The van der Waals surface area contributed by atoms with Crippen LogP contribution in [-0.2, 0) is 12.7 Å². The summed E-state index contributed by atoms with van der Waals surface area (Å²) in [7, 11) is 0. The van der Waals surface area contributed by atoms with Gasteiger partial charge >= 0.3 is 6.18 Å². The molecule has 0 unspecified atom stereocenters. The smallest absolute Gasteiger partial charge is 0.310 e. The predicted molar refractivity (Wildman–Crippen MR) is 81.6 cm³/mol. The van der Waals surface area contributed by atoms with Crippen LogP contribution < -0.4 is 5.56 Å². The van der Waals surface area contributed by atoms with Crippen LogP contribution in [0.4, 0.5) is 13.2 Å². The van der Waals surface area contributed by atoms with Crippen LogP contribution in [0.15, 0.2) is 47.4 Å². The molecule has 0 amide bonds. The summed E-state index contributed by atoms with van der Waals surface area (Å²) in [4.78, 5) is 12.6. The molecule has 2 nitrogen and oxygen atoms in total. The molecule has 0 radical (unpaired) electrons. The topological polar surface area (TPSA) is 22.0 Å². The summed E-state index contributed by atoms with van der Waals surface area (Å²) >= 11 is 7.63. The molecule has 0 saturated carbocycles. The van der Waals surface area contributed by atoms with Crippen molar-refractivity contribution in [3.05, 3.63) is 68.4 Å². The van der Waals surface area contributed by atoms with Gasteiger partial charge in [-0.05, 0) is 18.2 Å². The number of benzene rings is 1. The fraction of sp³-hybridized carbons (Fsp3) is 0.133. The number of fused-ring (bicyclic) bond motifs is 1. The molecule has 114 valence electrons. The van der Waals surface area contributed by atoms with Crippen molar-refractivity contribution < 1.29 is 13.2 Å². The van der Waals surface area contributed by atoms with Crippen molar-refractivity contribution in [2.45, 2.75) is 12.7 Å². The van der Waals surface area contributed by atoms with Crippen molar-refractivity contribution >= 4 is 33.0 Å². The first kappa shape index (κ1) is 15.1. The number of halogens is 4. The van der Waals surface area contributed by atoms with Gasteiger partial charge in [0.05, 0.1) is 11.6 Å². The molecule has 0 spiro atoms. The number of alkyl halides is 3. The van der Waals surface area contributed by atoms with Crippen LogP contribution in [0.2, 0.25) is 5.02 Å². The number of thiophene rings is 1. The van der Waals surface area contributed by atoms with E-state index in [-0.39, 0.29) is 6.54 Å². The Morgan fingerprint density at radius 3 is 2.55 bits per heavy atom. The second-order valence-corrected chi connectivity index (χ2v) is 6.20. The molecular weight excluding hydrogens is 335 g/mol. The Hall–Kier alpha value is -1.79. The maximum Gasteiger partial charge on any atom is 0.421 e. The van der Waals surface area contributed by atoms with Crippen LogP contribution in [0, 0.1) is 0 Å². The minimum atomic E-state index is -4.66. The Morgan fingerprint density at radius 1 is 1.14 bits per heavy atom. The van der Waals surface area contributed by atoms with Gasteiger partial charge in [-0.3, -0.25) is 4.79 Å². The lowest BCUT2D eigenvalue weighted by Gasteiger charge is -2.09. The third kappa shape index (κ3) is 2.64. The van der Waals surface area contributed by atoms with E-state index in [0.29, 0.717) is 9.90 Å². The van der Waals surface area contributed by atoms with Crippen molar-refractivity contribution in [3.8, 4) is 0 Å². The molecule has 2 aromatic heterocycles. The fourth-order valence-corrected chi connectivity index (χ4v) is 3.69. The molecule has 7 heteroatoms. The summed E-state index contributed by atoms with van der Waals surface area (Å²) < 4.78 is 40.3. The maximum atomic E-state index is 12.8. The van der Waals surface area contributed by atoms with E-state index in [2.05, 4.69) is 0 Å². The van der Waals surface area contributed by atoms with Gasteiger partial charge in [0.25, 0.3) is 5.56 Å². The summed E-state index contributed by atoms with van der Waals surface area (Å²) in [6.07, 6.45) is -3.33. The van der Waals surface area contributed by atoms with Crippen molar-refractivity contribution in [2.75, 3.05) is 0 Å². The highest BCUT2D eigenvalue weighted by atomic mass is 35.5. The lowest BCUT2D eigenvalue weighted by Crippen LogP contribution is -2.28. The Bertz CT molecular complexity index is 898. The standard InChI is InChI=1S/C15H9ClF3NOS/c16-13-9-4-1-2-6-11(9)22-12(13)8-20-7-3-5-10(14(20)21)15(17,18)19/h1-7H,8H2. The van der Waals surface area contributed by atoms with E-state index in [1.807, 2.05) is 24.3 Å². The molecule has 0 bridgehead atoms. The summed E-state index contributed by atoms with van der Waals surface area (Å²) in [5.74, 6) is 0. The molecule has 0 atom stereocenters. The van der Waals surface area contributed by atoms with E-state index in [4.69, 9.17) is 11.6 Å². The minimum absolute atomic E-state index is 0.0148. The van der Waals surface area contributed by atoms with Crippen molar-refractivity contribution in [2.24, 2.45) is 0 Å². The molecule has 0 aliphatic carbocycles. The second kappa shape index (κ2) is 5.44. The lowest BCUT2D eigenvalue weighted by molar-refractivity contribution is -0.138. The van der Waals surface area contributed by atoms with Gasteiger partial charge in [0.15, 0.2) is 0 Å². The number of pyridine rings is 1. The minimum Gasteiger partial charge on any atom is -0.310 e. The van der Waals surface area contributed by atoms with Gasteiger partial charge in [-0.25, -0.2) is 0 Å². The van der Waals surface area contributed by atoms with E-state index in [1.165, 1.54) is 23.6 Å². The highest BCUT2D eigenvalue weighted by Gasteiger charge is 2.34. The highest BCUT2D eigenvalue weighted by Crippen LogP contribution is 2.35. The molecule has 0 aliphatic heterocycles. The maximum absolute atomic E-state index is 12.8. The molecular formula is C15H9ClF3NOS. The van der Waals surface area contributed by atoms with Gasteiger partial charge in [-0.2, -0.15) is 13.2 Å². The molecule has 2 heterocycles. The highest BCUT2D eigenvalue weighted by molar-refractivity contribution is 7.19. The van der Waals surface area contributed by atoms with Crippen molar-refractivity contribution in [1.82, 2.24) is 4.57 Å². The van der Waals surface area contributed by atoms with Gasteiger partial charge < -0.3 is 4.57 Å². The molecule has 0 N–H and O–H groups in total. The average molecular weight is 344 g/mol. The van der Waals surface area contributed by atoms with Crippen LogP contribution in [0.3, 0.4) is 0 Å². The average Bonchev–Trinajstić information content (AvgIpc) is 2.77. The van der Waals surface area contributed by atoms with Crippen LogP contribution >= 0.6 is 22.9 Å². The van der Waals surface area contributed by atoms with Crippen LogP contribution in [0.25, 0.3) is 10.1 Å². The molecule has 1 aromatic carbocycles. The molecule has 0 saturated heterocycles. The zero-order chi connectivity index (χ0) is 15.9. The molecule has 22 heavy (non-hydrogen) atoms. The Morgan fingerprint density at radius 2 is 1.86 bits per heavy atom. The normalized spacial score (nSPS) is 12.0. The summed E-state index contributed by atoms with van der Waals surface area (Å²) in [6.45, 7) is 0.0148. The largest absolute Gasteiger partial charge is 0.421 e. The van der Waals surface area contributed by atoms with Crippen LogP contribution in [0.1, 0.15) is 10.4 Å². The Kier molecular flexibility index (Phi) is 3.74. The van der Waals surface area contributed by atoms with E-state index < -0.39 is 17.3 Å². The number of hydrogen-bond acceptors (Lipinski definition) is 2. The number of hydrogen-bond donors (Lipinski definition) is 0. The van der Waals surface area contributed by atoms with Crippen molar-refractivity contribution in [3.63, 3.8) is 0 Å². The van der Waals surface area contributed by atoms with E-state index in [1.54, 1.807) is 0 Å². The molecule has 3 aromatic rings. The van der Waals surface area contributed by atoms with E-state index in [9.17, 15) is 18.0 Å². The van der Waals surface area contributed by atoms with Crippen molar-refractivity contribution in [1.29, 1.82) is 0 Å². The monoisotopic (exact) mass is 343 g/mol. The lowest BCUT2D eigenvalue weighted by atomic mass is 10.2. The van der Waals surface area contributed by atoms with E-state index >= 15 is 0 Å². The third-order valence-corrected chi connectivity index (χ3v) is 4.94. The van der Waals surface area contributed by atoms with Gasteiger partial charge in [0, 0.05) is 21.2 Å². The second-order valence-electron chi connectivity index (χ2n) is 4.69. The molecule has 0 fully saturated rings. The quantitative estimate of drug-likeness (QED) is 0.656. The molecule has 3 rings (SSSR count). The Labute approximate surface area is 132 Å². The van der Waals surface area contributed by atoms with Gasteiger partial charge in [0.2, 0.25) is 0 Å². The summed E-state index contributed by atoms with van der Waals surface area (Å²) in [5, 5.41) is 1.31. The number of aromatic nitrogens is 1. The fourth-order valence-electron chi connectivity index (χ4n) is 2.20. The SMILES string of the molecule is O=c1c(C(F)(F)F)cccn1Cc1sc2ccccc2c1Cl. The summed E-state index contributed by atoms with van der Waals surface area (Å²) in [6, 6.07) is 9.41. The third-order valence-electron chi connectivity index (χ3n) is 3.24. The number of nitrogens with zero attached hydrogens (tertiary/aromatic N) is 1. The first-order valence-electron chi connectivity index (χ1n) is 6.30. The van der Waals surface area contributed by atoms with Gasteiger partial charge in [-0.15, -0.1) is 11.3 Å². The molecule has 0 aliphatic rings. The zero-order valence-corrected chi connectivity index (χ0v) is 12.6. The Balaban J connectivity index is 2.06. The van der Waals surface area contributed by atoms with Crippen LogP contribution in [0.5, 0.6) is 0 Å². The van der Waals surface area contributed by atoms with E-state index in [0.717, 1.165) is 20.7 Å². The zero-order valence-electron chi connectivity index (χ0n) is 11.0. The van der Waals surface area contributed by atoms with Gasteiger partial charge in [-0.1, -0.05) is 29.8 Å². The first-order valence-corrected chi connectivity index (χ1v) is 7.50. The van der Waals surface area contributed by atoms with Crippen LogP contribution in [-0.4, -0.2) is 4.57 Å². The van der Waals surface area contributed by atoms with Gasteiger partial charge in [0.1, 0.15) is 5.56 Å². The predicted octanol–water partition coefficient (Wildman–Crippen LogP) is 4.78.